The van der Waals surface area contributed by atoms with Gasteiger partial charge in [-0.15, -0.1) is 0 Å². The second-order valence-electron chi connectivity index (χ2n) is 9.02. The summed E-state index contributed by atoms with van der Waals surface area (Å²) in [6.45, 7) is 1.46. The van der Waals surface area contributed by atoms with Crippen LogP contribution in [0.1, 0.15) is 48.8 Å². The number of pyridine rings is 1. The molecule has 2 aromatic carbocycles. The number of rotatable bonds is 6. The lowest BCUT2D eigenvalue weighted by atomic mass is 9.72. The van der Waals surface area contributed by atoms with Crippen molar-refractivity contribution < 1.29 is 9.84 Å². The maximum Gasteiger partial charge on any atom is 0.138 e. The maximum absolute atomic E-state index is 11.7. The molecule has 2 fully saturated rings. The first-order valence-electron chi connectivity index (χ1n) is 11.3. The zero-order chi connectivity index (χ0) is 21.1. The van der Waals surface area contributed by atoms with E-state index in [-0.39, 0.29) is 0 Å². The van der Waals surface area contributed by atoms with E-state index in [2.05, 4.69) is 52.3 Å². The third-order valence-electron chi connectivity index (χ3n) is 6.87. The molecule has 5 rings (SSSR count). The van der Waals surface area contributed by atoms with E-state index >= 15 is 0 Å². The van der Waals surface area contributed by atoms with Crippen molar-refractivity contribution in [3.8, 4) is 5.75 Å². The molecule has 2 atom stereocenters. The van der Waals surface area contributed by atoms with Gasteiger partial charge in [0.15, 0.2) is 0 Å². The molecule has 3 heterocycles. The van der Waals surface area contributed by atoms with Crippen LogP contribution in [0.15, 0.2) is 79.1 Å². The van der Waals surface area contributed by atoms with Crippen molar-refractivity contribution in [3.63, 3.8) is 0 Å². The summed E-state index contributed by atoms with van der Waals surface area (Å²) in [5.74, 6) is 0.714. The lowest BCUT2D eigenvalue weighted by Crippen LogP contribution is -2.56. The first-order valence-corrected chi connectivity index (χ1v) is 11.3. The molecule has 1 N–H and O–H groups in total. The van der Waals surface area contributed by atoms with Crippen LogP contribution in [0.3, 0.4) is 0 Å². The van der Waals surface area contributed by atoms with E-state index in [0.717, 1.165) is 43.4 Å². The van der Waals surface area contributed by atoms with Crippen molar-refractivity contribution in [2.24, 2.45) is 0 Å². The van der Waals surface area contributed by atoms with Gasteiger partial charge in [-0.25, -0.2) is 0 Å². The number of hydrogen-bond donors (Lipinski definition) is 1. The standard InChI is InChI=1S/C27H30N2O2/c30-27(23-14-26(18-28-17-23)31-20-22-10-5-2-6-11-22)15-24-12-7-13-25(16-27)29(24)19-21-8-3-1-4-9-21/h1-6,8-11,14,17-18,24-25,30H,7,12-13,15-16,19-20H2. The minimum Gasteiger partial charge on any atom is -0.487 e. The summed E-state index contributed by atoms with van der Waals surface area (Å²) in [7, 11) is 0. The molecule has 1 aromatic heterocycles. The maximum atomic E-state index is 11.7. The smallest absolute Gasteiger partial charge is 0.138 e. The molecular formula is C27H30N2O2. The van der Waals surface area contributed by atoms with Crippen LogP contribution in [0.4, 0.5) is 0 Å². The van der Waals surface area contributed by atoms with Gasteiger partial charge < -0.3 is 9.84 Å². The minimum absolute atomic E-state index is 0.395. The van der Waals surface area contributed by atoms with E-state index in [1.165, 1.54) is 12.0 Å². The lowest BCUT2D eigenvalue weighted by Gasteiger charge is -2.52. The highest BCUT2D eigenvalue weighted by molar-refractivity contribution is 5.30. The average Bonchev–Trinajstić information content (AvgIpc) is 2.80. The first kappa shape index (κ1) is 20.2. The van der Waals surface area contributed by atoms with Crippen molar-refractivity contribution in [2.45, 2.75) is 62.9 Å². The Morgan fingerprint density at radius 2 is 1.55 bits per heavy atom. The molecule has 0 aliphatic carbocycles. The van der Waals surface area contributed by atoms with E-state index in [9.17, 15) is 5.11 Å². The second-order valence-corrected chi connectivity index (χ2v) is 9.02. The van der Waals surface area contributed by atoms with Gasteiger partial charge in [-0.3, -0.25) is 9.88 Å². The van der Waals surface area contributed by atoms with Gasteiger partial charge in [0.05, 0.1) is 11.8 Å². The molecule has 4 nitrogen and oxygen atoms in total. The largest absolute Gasteiger partial charge is 0.487 e. The minimum atomic E-state index is -0.845. The van der Waals surface area contributed by atoms with E-state index < -0.39 is 5.60 Å². The molecule has 0 amide bonds. The number of fused-ring (bicyclic) bond motifs is 2. The van der Waals surface area contributed by atoms with Gasteiger partial charge in [0.2, 0.25) is 0 Å². The predicted molar refractivity (Wildman–Crippen MR) is 122 cm³/mol. The summed E-state index contributed by atoms with van der Waals surface area (Å²) in [4.78, 5) is 7.02. The van der Waals surface area contributed by atoms with Gasteiger partial charge >= 0.3 is 0 Å². The molecule has 160 valence electrons. The Hall–Kier alpha value is -2.69. The highest BCUT2D eigenvalue weighted by atomic mass is 16.5. The quantitative estimate of drug-likeness (QED) is 0.612. The fourth-order valence-electron chi connectivity index (χ4n) is 5.30. The number of aliphatic hydroxyl groups is 1. The van der Waals surface area contributed by atoms with Gasteiger partial charge in [-0.05, 0) is 42.9 Å². The molecule has 3 aromatic rings. The van der Waals surface area contributed by atoms with Gasteiger partial charge in [0.25, 0.3) is 0 Å². The Labute approximate surface area is 184 Å². The summed E-state index contributed by atoms with van der Waals surface area (Å²) in [6, 6.07) is 23.6. The summed E-state index contributed by atoms with van der Waals surface area (Å²) in [5.41, 5.74) is 2.51. The number of piperidine rings is 2. The highest BCUT2D eigenvalue weighted by Gasteiger charge is 2.46. The summed E-state index contributed by atoms with van der Waals surface area (Å²) < 4.78 is 5.98. The predicted octanol–water partition coefficient (Wildman–Crippen LogP) is 5.07. The molecule has 31 heavy (non-hydrogen) atoms. The first-order chi connectivity index (χ1) is 15.2. The van der Waals surface area contributed by atoms with Crippen molar-refractivity contribution in [1.82, 2.24) is 9.88 Å². The van der Waals surface area contributed by atoms with E-state index in [0.29, 0.717) is 24.4 Å². The van der Waals surface area contributed by atoms with Crippen LogP contribution in [-0.4, -0.2) is 27.1 Å². The Bertz CT molecular complexity index is 978. The summed E-state index contributed by atoms with van der Waals surface area (Å²) in [5, 5.41) is 11.7. The van der Waals surface area contributed by atoms with Crippen LogP contribution >= 0.6 is 0 Å². The van der Waals surface area contributed by atoms with Crippen LogP contribution in [0.25, 0.3) is 0 Å². The SMILES string of the molecule is OC1(c2cncc(OCc3ccccc3)c2)CC2CCCC(C1)N2Cc1ccccc1. The summed E-state index contributed by atoms with van der Waals surface area (Å²) >= 11 is 0. The zero-order valence-electron chi connectivity index (χ0n) is 17.9. The normalized spacial score (nSPS) is 25.8. The Morgan fingerprint density at radius 3 is 2.23 bits per heavy atom. The van der Waals surface area contributed by atoms with Crippen molar-refractivity contribution >= 4 is 0 Å². The molecule has 2 aliphatic rings. The van der Waals surface area contributed by atoms with Crippen molar-refractivity contribution in [2.75, 3.05) is 0 Å². The fraction of sp³-hybridized carbons (Fsp3) is 0.370. The molecule has 2 aliphatic heterocycles. The van der Waals surface area contributed by atoms with E-state index in [1.54, 1.807) is 6.20 Å². The van der Waals surface area contributed by atoms with Crippen LogP contribution < -0.4 is 4.74 Å². The van der Waals surface area contributed by atoms with Crippen LogP contribution in [-0.2, 0) is 18.8 Å². The number of ether oxygens (including phenoxy) is 1. The van der Waals surface area contributed by atoms with Gasteiger partial charge in [-0.2, -0.15) is 0 Å². The monoisotopic (exact) mass is 414 g/mol. The summed E-state index contributed by atoms with van der Waals surface area (Å²) in [6.07, 6.45) is 8.58. The zero-order valence-corrected chi connectivity index (χ0v) is 17.9. The van der Waals surface area contributed by atoms with Gasteiger partial charge in [0, 0.05) is 30.4 Å². The topological polar surface area (TPSA) is 45.6 Å². The molecule has 2 bridgehead atoms. The number of nitrogens with zero attached hydrogens (tertiary/aromatic N) is 2. The van der Waals surface area contributed by atoms with Crippen LogP contribution in [0.2, 0.25) is 0 Å². The van der Waals surface area contributed by atoms with Crippen LogP contribution in [0, 0.1) is 0 Å². The second kappa shape index (κ2) is 8.81. The Morgan fingerprint density at radius 1 is 0.903 bits per heavy atom. The molecule has 2 unspecified atom stereocenters. The fourth-order valence-corrected chi connectivity index (χ4v) is 5.30. The average molecular weight is 415 g/mol. The van der Waals surface area contributed by atoms with Crippen molar-refractivity contribution in [1.29, 1.82) is 0 Å². The Kier molecular flexibility index (Phi) is 5.75. The Balaban J connectivity index is 1.31. The third kappa shape index (κ3) is 4.51. The number of aromatic nitrogens is 1. The number of hydrogen-bond acceptors (Lipinski definition) is 4. The van der Waals surface area contributed by atoms with Crippen LogP contribution in [0.5, 0.6) is 5.75 Å². The van der Waals surface area contributed by atoms with Crippen molar-refractivity contribution in [3.05, 3.63) is 95.8 Å². The van der Waals surface area contributed by atoms with Gasteiger partial charge in [0.1, 0.15) is 12.4 Å². The molecule has 0 saturated carbocycles. The molecule has 2 saturated heterocycles. The third-order valence-corrected chi connectivity index (χ3v) is 6.87. The number of benzene rings is 2. The lowest BCUT2D eigenvalue weighted by molar-refractivity contribution is -0.100. The highest BCUT2D eigenvalue weighted by Crippen LogP contribution is 2.45. The van der Waals surface area contributed by atoms with E-state index in [4.69, 9.17) is 4.74 Å². The molecule has 0 radical (unpaired) electrons. The molecular weight excluding hydrogens is 384 g/mol. The van der Waals surface area contributed by atoms with E-state index in [1.807, 2.05) is 30.5 Å². The molecule has 0 spiro atoms. The molecule has 4 heteroatoms. The van der Waals surface area contributed by atoms with Gasteiger partial charge in [-0.1, -0.05) is 67.1 Å².